The topological polar surface area (TPSA) is 9.23 Å². The molecular weight excluding hydrogens is 124 g/mol. The van der Waals surface area contributed by atoms with Gasteiger partial charge >= 0.3 is 0 Å². The molecule has 0 radical (unpaired) electrons. The molecule has 0 aliphatic rings. The van der Waals surface area contributed by atoms with Gasteiger partial charge in [0, 0.05) is 6.61 Å². The van der Waals surface area contributed by atoms with Crippen molar-refractivity contribution in [3.05, 3.63) is 12.2 Å². The van der Waals surface area contributed by atoms with E-state index in [9.17, 15) is 0 Å². The number of unbranched alkanes of at least 4 members (excludes halogenated alkanes) is 1. The molecule has 0 amide bonds. The summed E-state index contributed by atoms with van der Waals surface area (Å²) < 4.78 is 5.32. The Hall–Kier alpha value is -0.300. The third kappa shape index (κ3) is 7.70. The van der Waals surface area contributed by atoms with Crippen molar-refractivity contribution in [1.29, 1.82) is 0 Å². The molecule has 10 heavy (non-hydrogen) atoms. The van der Waals surface area contributed by atoms with Crippen LogP contribution in [0.4, 0.5) is 0 Å². The molecule has 1 heteroatoms. The third-order valence-electron chi connectivity index (χ3n) is 1.32. The van der Waals surface area contributed by atoms with E-state index in [-0.39, 0.29) is 0 Å². The minimum Gasteiger partial charge on any atom is -0.381 e. The van der Waals surface area contributed by atoms with Crippen LogP contribution in [0.15, 0.2) is 12.2 Å². The second-order valence-electron chi connectivity index (χ2n) is 2.67. The predicted octanol–water partition coefficient (Wildman–Crippen LogP) is 2.77. The fourth-order valence-electron chi connectivity index (χ4n) is 0.595. The van der Waals surface area contributed by atoms with E-state index in [0.29, 0.717) is 0 Å². The van der Waals surface area contributed by atoms with Gasteiger partial charge < -0.3 is 4.74 Å². The average molecular weight is 142 g/mol. The lowest BCUT2D eigenvalue weighted by Crippen LogP contribution is -1.96. The highest BCUT2D eigenvalue weighted by molar-refractivity contribution is 4.86. The molecule has 0 aliphatic carbocycles. The zero-order chi connectivity index (χ0) is 7.82. The highest BCUT2D eigenvalue weighted by Gasteiger charge is 1.87. The van der Waals surface area contributed by atoms with Crippen molar-refractivity contribution in [2.45, 2.75) is 33.1 Å². The zero-order valence-corrected chi connectivity index (χ0v) is 7.15. The standard InChI is InChI=1S/C9H18O/c1-4-5-7-10-8-6-9(2)3/h2,4-8H2,1,3H3. The van der Waals surface area contributed by atoms with Crippen molar-refractivity contribution < 1.29 is 4.74 Å². The van der Waals surface area contributed by atoms with Gasteiger partial charge in [0.1, 0.15) is 0 Å². The molecule has 0 unspecified atom stereocenters. The summed E-state index contributed by atoms with van der Waals surface area (Å²) in [7, 11) is 0. The maximum atomic E-state index is 5.32. The monoisotopic (exact) mass is 142 g/mol. The van der Waals surface area contributed by atoms with Gasteiger partial charge in [-0.25, -0.2) is 0 Å². The number of hydrogen-bond acceptors (Lipinski definition) is 1. The van der Waals surface area contributed by atoms with Crippen molar-refractivity contribution in [2.24, 2.45) is 0 Å². The Morgan fingerprint density at radius 1 is 1.40 bits per heavy atom. The summed E-state index contributed by atoms with van der Waals surface area (Å²) in [6.07, 6.45) is 3.40. The molecule has 0 bridgehead atoms. The fourth-order valence-corrected chi connectivity index (χ4v) is 0.595. The van der Waals surface area contributed by atoms with Gasteiger partial charge in [-0.05, 0) is 19.8 Å². The SMILES string of the molecule is C=C(C)CCOCCCC. The van der Waals surface area contributed by atoms with Crippen LogP contribution in [0.25, 0.3) is 0 Å². The summed E-state index contributed by atoms with van der Waals surface area (Å²) in [5, 5.41) is 0. The van der Waals surface area contributed by atoms with Gasteiger partial charge in [0.2, 0.25) is 0 Å². The summed E-state index contributed by atoms with van der Waals surface area (Å²) in [5.41, 5.74) is 1.21. The second-order valence-corrected chi connectivity index (χ2v) is 2.67. The molecule has 0 heterocycles. The van der Waals surface area contributed by atoms with Crippen molar-refractivity contribution >= 4 is 0 Å². The molecule has 0 saturated heterocycles. The van der Waals surface area contributed by atoms with Gasteiger partial charge in [-0.3, -0.25) is 0 Å². The van der Waals surface area contributed by atoms with E-state index in [1.165, 1.54) is 18.4 Å². The minimum absolute atomic E-state index is 0.843. The zero-order valence-electron chi connectivity index (χ0n) is 7.15. The Kier molecular flexibility index (Phi) is 6.61. The number of hydrogen-bond donors (Lipinski definition) is 0. The van der Waals surface area contributed by atoms with Crippen LogP contribution < -0.4 is 0 Å². The molecule has 60 valence electrons. The Morgan fingerprint density at radius 2 is 2.10 bits per heavy atom. The van der Waals surface area contributed by atoms with Gasteiger partial charge in [0.25, 0.3) is 0 Å². The predicted molar refractivity (Wildman–Crippen MR) is 45.2 cm³/mol. The largest absolute Gasteiger partial charge is 0.381 e. The van der Waals surface area contributed by atoms with Crippen LogP contribution in [0.2, 0.25) is 0 Å². The van der Waals surface area contributed by atoms with Crippen molar-refractivity contribution in [3.8, 4) is 0 Å². The van der Waals surface area contributed by atoms with Crippen LogP contribution in [0.5, 0.6) is 0 Å². The summed E-state index contributed by atoms with van der Waals surface area (Å²) in [5.74, 6) is 0. The third-order valence-corrected chi connectivity index (χ3v) is 1.32. The van der Waals surface area contributed by atoms with E-state index >= 15 is 0 Å². The molecule has 0 rings (SSSR count). The van der Waals surface area contributed by atoms with Crippen LogP contribution in [0, 0.1) is 0 Å². The number of rotatable bonds is 6. The fraction of sp³-hybridized carbons (Fsp3) is 0.778. The first-order valence-electron chi connectivity index (χ1n) is 3.99. The average Bonchev–Trinajstić information content (AvgIpc) is 1.87. The highest BCUT2D eigenvalue weighted by atomic mass is 16.5. The lowest BCUT2D eigenvalue weighted by atomic mass is 10.3. The molecule has 0 N–H and O–H groups in total. The van der Waals surface area contributed by atoms with E-state index in [2.05, 4.69) is 13.5 Å². The molecule has 1 nitrogen and oxygen atoms in total. The molecule has 0 spiro atoms. The van der Waals surface area contributed by atoms with Crippen LogP contribution >= 0.6 is 0 Å². The Bertz CT molecular complexity index is 86.7. The van der Waals surface area contributed by atoms with Gasteiger partial charge in [-0.2, -0.15) is 0 Å². The van der Waals surface area contributed by atoms with Crippen LogP contribution in [-0.4, -0.2) is 13.2 Å². The van der Waals surface area contributed by atoms with Gasteiger partial charge in [0.15, 0.2) is 0 Å². The highest BCUT2D eigenvalue weighted by Crippen LogP contribution is 1.96. The lowest BCUT2D eigenvalue weighted by Gasteiger charge is -2.01. The minimum atomic E-state index is 0.843. The molecule has 0 atom stereocenters. The Balaban J connectivity index is 2.84. The van der Waals surface area contributed by atoms with Crippen molar-refractivity contribution in [1.82, 2.24) is 0 Å². The van der Waals surface area contributed by atoms with Crippen LogP contribution in [0.3, 0.4) is 0 Å². The maximum absolute atomic E-state index is 5.32. The Morgan fingerprint density at radius 3 is 2.60 bits per heavy atom. The van der Waals surface area contributed by atoms with Gasteiger partial charge in [0.05, 0.1) is 6.61 Å². The Labute approximate surface area is 64.1 Å². The quantitative estimate of drug-likeness (QED) is 0.409. The van der Waals surface area contributed by atoms with Crippen LogP contribution in [0.1, 0.15) is 33.1 Å². The first-order valence-corrected chi connectivity index (χ1v) is 3.99. The molecule has 0 aromatic heterocycles. The van der Waals surface area contributed by atoms with Crippen molar-refractivity contribution in [3.63, 3.8) is 0 Å². The summed E-state index contributed by atoms with van der Waals surface area (Å²) in [6, 6.07) is 0. The van der Waals surface area contributed by atoms with E-state index in [0.717, 1.165) is 19.6 Å². The van der Waals surface area contributed by atoms with Gasteiger partial charge in [-0.1, -0.05) is 18.9 Å². The number of ether oxygens (including phenoxy) is 1. The summed E-state index contributed by atoms with van der Waals surface area (Å²) >= 11 is 0. The van der Waals surface area contributed by atoms with Crippen molar-refractivity contribution in [2.75, 3.05) is 13.2 Å². The smallest absolute Gasteiger partial charge is 0.0502 e. The molecule has 0 fully saturated rings. The van der Waals surface area contributed by atoms with E-state index < -0.39 is 0 Å². The molecule has 0 aliphatic heterocycles. The first kappa shape index (κ1) is 9.70. The first-order chi connectivity index (χ1) is 4.77. The lowest BCUT2D eigenvalue weighted by molar-refractivity contribution is 0.134. The van der Waals surface area contributed by atoms with Crippen LogP contribution in [-0.2, 0) is 4.74 Å². The normalized spacial score (nSPS) is 9.80. The maximum Gasteiger partial charge on any atom is 0.0502 e. The molecule has 0 aromatic rings. The van der Waals surface area contributed by atoms with E-state index in [4.69, 9.17) is 4.74 Å². The van der Waals surface area contributed by atoms with Gasteiger partial charge in [-0.15, -0.1) is 6.58 Å². The summed E-state index contributed by atoms with van der Waals surface area (Å²) in [4.78, 5) is 0. The summed E-state index contributed by atoms with van der Waals surface area (Å²) in [6.45, 7) is 9.74. The molecule has 0 saturated carbocycles. The molecule has 0 aromatic carbocycles. The van der Waals surface area contributed by atoms with E-state index in [1.54, 1.807) is 0 Å². The van der Waals surface area contributed by atoms with E-state index in [1.807, 2.05) is 6.92 Å². The second kappa shape index (κ2) is 6.81. The molecular formula is C9H18O.